The van der Waals surface area contributed by atoms with E-state index in [1.165, 1.54) is 44.0 Å². The van der Waals surface area contributed by atoms with Crippen LogP contribution in [0.2, 0.25) is 0 Å². The molecule has 96 valence electrons. The Labute approximate surface area is 106 Å². The first kappa shape index (κ1) is 14.3. The zero-order valence-electron chi connectivity index (χ0n) is 11.2. The molecular weight excluding hydrogens is 216 g/mol. The largest absolute Gasteiger partial charge is 0.313 e. The molecule has 1 saturated heterocycles. The first-order valence-electron chi connectivity index (χ1n) is 6.72. The molecule has 2 nitrogen and oxygen atoms in total. The Morgan fingerprint density at radius 1 is 1.12 bits per heavy atom. The second-order valence-electron chi connectivity index (χ2n) is 5.28. The van der Waals surface area contributed by atoms with E-state index in [9.17, 15) is 0 Å². The molecule has 1 atom stereocenters. The van der Waals surface area contributed by atoms with Crippen molar-refractivity contribution in [3.63, 3.8) is 0 Å². The lowest BCUT2D eigenvalue weighted by Gasteiger charge is -2.26. The minimum absolute atomic E-state index is 0.682. The van der Waals surface area contributed by atoms with E-state index in [4.69, 9.17) is 0 Å². The highest BCUT2D eigenvalue weighted by atomic mass is 32.2. The molecule has 0 radical (unpaired) electrons. The highest BCUT2D eigenvalue weighted by Gasteiger charge is 2.10. The van der Waals surface area contributed by atoms with Gasteiger partial charge >= 0.3 is 0 Å². The zero-order chi connectivity index (χ0) is 11.8. The summed E-state index contributed by atoms with van der Waals surface area (Å²) in [4.78, 5) is 2.58. The smallest absolute Gasteiger partial charge is 0.0108 e. The first-order chi connectivity index (χ1) is 7.68. The van der Waals surface area contributed by atoms with Gasteiger partial charge in [-0.05, 0) is 25.7 Å². The van der Waals surface area contributed by atoms with Crippen molar-refractivity contribution in [1.29, 1.82) is 0 Å². The van der Waals surface area contributed by atoms with Crippen LogP contribution in [0.1, 0.15) is 33.6 Å². The molecule has 0 aromatic carbocycles. The van der Waals surface area contributed by atoms with Crippen LogP contribution in [0.25, 0.3) is 0 Å². The predicted molar refractivity (Wildman–Crippen MR) is 75.3 cm³/mol. The highest BCUT2D eigenvalue weighted by molar-refractivity contribution is 7.99. The third-order valence-electron chi connectivity index (χ3n) is 3.20. The van der Waals surface area contributed by atoms with Gasteiger partial charge in [0, 0.05) is 43.7 Å². The van der Waals surface area contributed by atoms with Gasteiger partial charge in [0.25, 0.3) is 0 Å². The Morgan fingerprint density at radius 3 is 2.44 bits per heavy atom. The number of rotatable bonds is 7. The van der Waals surface area contributed by atoms with Crippen LogP contribution in [0.5, 0.6) is 0 Å². The number of nitrogens with one attached hydrogen (secondary N) is 1. The molecule has 16 heavy (non-hydrogen) atoms. The van der Waals surface area contributed by atoms with E-state index < -0.39 is 0 Å². The summed E-state index contributed by atoms with van der Waals surface area (Å²) in [5, 5.41) is 3.64. The average Bonchev–Trinajstić information content (AvgIpc) is 2.28. The topological polar surface area (TPSA) is 15.3 Å². The minimum atomic E-state index is 0.682. The number of hydrogen-bond acceptors (Lipinski definition) is 3. The maximum atomic E-state index is 3.64. The fourth-order valence-corrected chi connectivity index (χ4v) is 2.96. The second-order valence-corrected chi connectivity index (χ2v) is 6.51. The van der Waals surface area contributed by atoms with Crippen LogP contribution < -0.4 is 5.32 Å². The average molecular weight is 244 g/mol. The van der Waals surface area contributed by atoms with Gasteiger partial charge in [-0.1, -0.05) is 13.8 Å². The fourth-order valence-electron chi connectivity index (χ4n) is 1.98. The molecule has 3 heteroatoms. The van der Waals surface area contributed by atoms with Gasteiger partial charge in [-0.3, -0.25) is 0 Å². The normalized spacial score (nSPS) is 20.2. The van der Waals surface area contributed by atoms with Crippen molar-refractivity contribution in [3.8, 4) is 0 Å². The monoisotopic (exact) mass is 244 g/mol. The van der Waals surface area contributed by atoms with Crippen molar-refractivity contribution in [2.45, 2.75) is 39.7 Å². The summed E-state index contributed by atoms with van der Waals surface area (Å²) in [5.41, 5.74) is 0. The summed E-state index contributed by atoms with van der Waals surface area (Å²) >= 11 is 2.09. The number of hydrogen-bond donors (Lipinski definition) is 1. The minimum Gasteiger partial charge on any atom is -0.313 e. The van der Waals surface area contributed by atoms with E-state index in [-0.39, 0.29) is 0 Å². The maximum absolute atomic E-state index is 3.64. The van der Waals surface area contributed by atoms with Gasteiger partial charge in [0.1, 0.15) is 0 Å². The lowest BCUT2D eigenvalue weighted by molar-refractivity contribution is 0.293. The quantitative estimate of drug-likeness (QED) is 0.740. The van der Waals surface area contributed by atoms with Crippen LogP contribution in [0.15, 0.2) is 0 Å². The van der Waals surface area contributed by atoms with E-state index in [0.717, 1.165) is 12.5 Å². The van der Waals surface area contributed by atoms with Crippen LogP contribution >= 0.6 is 11.8 Å². The molecule has 0 aromatic rings. The van der Waals surface area contributed by atoms with Gasteiger partial charge < -0.3 is 10.2 Å². The molecule has 0 saturated carbocycles. The van der Waals surface area contributed by atoms with Crippen LogP contribution in [-0.2, 0) is 0 Å². The van der Waals surface area contributed by atoms with Gasteiger partial charge in [-0.15, -0.1) is 0 Å². The van der Waals surface area contributed by atoms with E-state index in [1.807, 2.05) is 0 Å². The first-order valence-corrected chi connectivity index (χ1v) is 7.87. The zero-order valence-corrected chi connectivity index (χ0v) is 12.0. The Hall–Kier alpha value is 0.270. The lowest BCUT2D eigenvalue weighted by Crippen LogP contribution is -2.39. The molecule has 1 unspecified atom stereocenters. The molecule has 0 bridgehead atoms. The molecular formula is C13H28N2S. The predicted octanol–water partition coefficient (Wildman–Crippen LogP) is 2.45. The Balaban J connectivity index is 1.96. The third kappa shape index (κ3) is 6.77. The van der Waals surface area contributed by atoms with Gasteiger partial charge in [0.05, 0.1) is 0 Å². The van der Waals surface area contributed by atoms with Gasteiger partial charge in [-0.2, -0.15) is 11.8 Å². The van der Waals surface area contributed by atoms with E-state index in [0.29, 0.717) is 6.04 Å². The van der Waals surface area contributed by atoms with Crippen molar-refractivity contribution in [3.05, 3.63) is 0 Å². The van der Waals surface area contributed by atoms with Crippen molar-refractivity contribution in [2.24, 2.45) is 5.92 Å². The summed E-state index contributed by atoms with van der Waals surface area (Å²) < 4.78 is 0. The fraction of sp³-hybridized carbons (Fsp3) is 1.00. The van der Waals surface area contributed by atoms with E-state index in [2.05, 4.69) is 42.7 Å². The summed E-state index contributed by atoms with van der Waals surface area (Å²) in [5.74, 6) is 3.48. The molecule has 1 fully saturated rings. The molecule has 0 amide bonds. The SMILES string of the molecule is CC(C)CCC(C)NCCN1CCSCC1. The lowest BCUT2D eigenvalue weighted by atomic mass is 10.0. The number of thioether (sulfide) groups is 1. The van der Waals surface area contributed by atoms with Gasteiger partial charge in [-0.25, -0.2) is 0 Å². The standard InChI is InChI=1S/C13H28N2S/c1-12(2)4-5-13(3)14-6-7-15-8-10-16-11-9-15/h12-14H,4-11H2,1-3H3. The molecule has 1 N–H and O–H groups in total. The molecule has 0 spiro atoms. The third-order valence-corrected chi connectivity index (χ3v) is 4.14. The molecule has 1 aliphatic rings. The van der Waals surface area contributed by atoms with Crippen molar-refractivity contribution >= 4 is 11.8 Å². The van der Waals surface area contributed by atoms with Crippen LogP contribution in [0.3, 0.4) is 0 Å². The summed E-state index contributed by atoms with van der Waals surface area (Å²) in [6.07, 6.45) is 2.65. The highest BCUT2D eigenvalue weighted by Crippen LogP contribution is 2.08. The van der Waals surface area contributed by atoms with Crippen molar-refractivity contribution < 1.29 is 0 Å². The Bertz CT molecular complexity index is 167. The van der Waals surface area contributed by atoms with Gasteiger partial charge in [0.2, 0.25) is 0 Å². The summed E-state index contributed by atoms with van der Waals surface area (Å²) in [6.45, 7) is 11.9. The molecule has 1 aliphatic heterocycles. The molecule has 1 rings (SSSR count). The molecule has 1 heterocycles. The summed E-state index contributed by atoms with van der Waals surface area (Å²) in [6, 6.07) is 0.682. The van der Waals surface area contributed by atoms with E-state index in [1.54, 1.807) is 0 Å². The van der Waals surface area contributed by atoms with Crippen LogP contribution in [0.4, 0.5) is 0 Å². The Morgan fingerprint density at radius 2 is 1.81 bits per heavy atom. The summed E-state index contributed by atoms with van der Waals surface area (Å²) in [7, 11) is 0. The van der Waals surface area contributed by atoms with Gasteiger partial charge in [0.15, 0.2) is 0 Å². The van der Waals surface area contributed by atoms with Crippen molar-refractivity contribution in [2.75, 3.05) is 37.7 Å². The second kappa shape index (κ2) is 8.37. The maximum Gasteiger partial charge on any atom is 0.0108 e. The van der Waals surface area contributed by atoms with Crippen LogP contribution in [0, 0.1) is 5.92 Å². The Kier molecular flexibility index (Phi) is 7.50. The molecule has 0 aliphatic carbocycles. The van der Waals surface area contributed by atoms with E-state index >= 15 is 0 Å². The number of nitrogens with zero attached hydrogens (tertiary/aromatic N) is 1. The van der Waals surface area contributed by atoms with Crippen molar-refractivity contribution in [1.82, 2.24) is 10.2 Å². The molecule has 0 aromatic heterocycles. The van der Waals surface area contributed by atoms with Crippen LogP contribution in [-0.4, -0.2) is 48.6 Å².